The molecule has 0 radical (unpaired) electrons. The normalized spacial score (nSPS) is 18.1. The van der Waals surface area contributed by atoms with E-state index in [1.807, 2.05) is 0 Å². The van der Waals surface area contributed by atoms with Gasteiger partial charge in [0.1, 0.15) is 0 Å². The summed E-state index contributed by atoms with van der Waals surface area (Å²) in [6, 6.07) is 0.711. The molecule has 1 rings (SSSR count). The zero-order valence-corrected chi connectivity index (χ0v) is 10.8. The Morgan fingerprint density at radius 1 is 1.44 bits per heavy atom. The number of rotatable bonds is 5. The predicted octanol–water partition coefficient (Wildman–Crippen LogP) is 0.714. The number of carbonyl (C=O) groups is 1. The van der Waals surface area contributed by atoms with Gasteiger partial charge in [-0.05, 0) is 33.7 Å². The van der Waals surface area contributed by atoms with Gasteiger partial charge in [-0.3, -0.25) is 4.79 Å². The molecule has 4 nitrogen and oxygen atoms in total. The Labute approximate surface area is 98.6 Å². The van der Waals surface area contributed by atoms with Gasteiger partial charge in [0.05, 0.1) is 5.54 Å². The van der Waals surface area contributed by atoms with Gasteiger partial charge in [-0.1, -0.05) is 12.8 Å². The average Bonchev–Trinajstić information content (AvgIpc) is 2.68. The van der Waals surface area contributed by atoms with Crippen LogP contribution in [0.5, 0.6) is 0 Å². The molecule has 1 saturated carbocycles. The summed E-state index contributed by atoms with van der Waals surface area (Å²) in [7, 11) is 2.13. The molecule has 0 aromatic carbocycles. The number of likely N-dealkylation sites (N-methyl/N-ethyl adjacent to an activating group) is 1. The van der Waals surface area contributed by atoms with Crippen molar-refractivity contribution in [3.05, 3.63) is 0 Å². The third kappa shape index (κ3) is 4.10. The Balaban J connectivity index is 2.17. The fraction of sp³-hybridized carbons (Fsp3) is 0.917. The number of carbonyl (C=O) groups excluding carboxylic acids is 1. The van der Waals surface area contributed by atoms with Crippen LogP contribution in [0.1, 0.15) is 39.5 Å². The average molecular weight is 227 g/mol. The lowest BCUT2D eigenvalue weighted by Gasteiger charge is -2.25. The van der Waals surface area contributed by atoms with Crippen molar-refractivity contribution in [2.45, 2.75) is 51.1 Å². The highest BCUT2D eigenvalue weighted by Crippen LogP contribution is 2.21. The second kappa shape index (κ2) is 5.64. The molecular weight excluding hydrogens is 202 g/mol. The lowest BCUT2D eigenvalue weighted by molar-refractivity contribution is -0.125. The minimum Gasteiger partial charge on any atom is -0.353 e. The van der Waals surface area contributed by atoms with Crippen molar-refractivity contribution in [1.82, 2.24) is 10.2 Å². The molecule has 0 atom stereocenters. The van der Waals surface area contributed by atoms with Crippen LogP contribution >= 0.6 is 0 Å². The maximum absolute atomic E-state index is 11.5. The fourth-order valence-corrected chi connectivity index (χ4v) is 2.10. The SMILES string of the molecule is CN(CCNC(=O)C(C)(C)N)C1CCCC1. The second-order valence-electron chi connectivity index (χ2n) is 5.40. The summed E-state index contributed by atoms with van der Waals surface area (Å²) in [5.41, 5.74) is 4.92. The summed E-state index contributed by atoms with van der Waals surface area (Å²) < 4.78 is 0. The third-order valence-corrected chi connectivity index (χ3v) is 3.28. The van der Waals surface area contributed by atoms with Gasteiger partial charge >= 0.3 is 0 Å². The van der Waals surface area contributed by atoms with E-state index in [2.05, 4.69) is 17.3 Å². The number of hydrogen-bond acceptors (Lipinski definition) is 3. The quantitative estimate of drug-likeness (QED) is 0.727. The highest BCUT2D eigenvalue weighted by Gasteiger charge is 2.22. The van der Waals surface area contributed by atoms with Crippen molar-refractivity contribution < 1.29 is 4.79 Å². The smallest absolute Gasteiger partial charge is 0.239 e. The van der Waals surface area contributed by atoms with E-state index in [-0.39, 0.29) is 5.91 Å². The Morgan fingerprint density at radius 3 is 2.50 bits per heavy atom. The van der Waals surface area contributed by atoms with Crippen LogP contribution < -0.4 is 11.1 Å². The van der Waals surface area contributed by atoms with Gasteiger partial charge in [0, 0.05) is 19.1 Å². The maximum atomic E-state index is 11.5. The number of amides is 1. The lowest BCUT2D eigenvalue weighted by atomic mass is 10.1. The highest BCUT2D eigenvalue weighted by atomic mass is 16.2. The van der Waals surface area contributed by atoms with Crippen LogP contribution in [0.25, 0.3) is 0 Å². The summed E-state index contributed by atoms with van der Waals surface area (Å²) in [4.78, 5) is 13.9. The van der Waals surface area contributed by atoms with E-state index in [1.165, 1.54) is 25.7 Å². The molecular formula is C12H25N3O. The zero-order valence-electron chi connectivity index (χ0n) is 10.8. The van der Waals surface area contributed by atoms with Crippen molar-refractivity contribution in [2.24, 2.45) is 5.73 Å². The molecule has 0 aliphatic heterocycles. The Kier molecular flexibility index (Phi) is 4.74. The molecule has 0 aromatic rings. The molecule has 0 spiro atoms. The predicted molar refractivity (Wildman–Crippen MR) is 66.2 cm³/mol. The van der Waals surface area contributed by atoms with Crippen LogP contribution in [0.3, 0.4) is 0 Å². The minimum atomic E-state index is -0.772. The van der Waals surface area contributed by atoms with Gasteiger partial charge in [0.2, 0.25) is 5.91 Å². The maximum Gasteiger partial charge on any atom is 0.239 e. The molecule has 16 heavy (non-hydrogen) atoms. The molecule has 1 amide bonds. The van der Waals surface area contributed by atoms with Crippen LogP contribution in [0, 0.1) is 0 Å². The summed E-state index contributed by atoms with van der Waals surface area (Å²) in [5, 5.41) is 2.87. The second-order valence-corrected chi connectivity index (χ2v) is 5.40. The Hall–Kier alpha value is -0.610. The summed E-state index contributed by atoms with van der Waals surface area (Å²) >= 11 is 0. The summed E-state index contributed by atoms with van der Waals surface area (Å²) in [6.07, 6.45) is 5.29. The van der Waals surface area contributed by atoms with E-state index < -0.39 is 5.54 Å². The van der Waals surface area contributed by atoms with Crippen molar-refractivity contribution in [3.8, 4) is 0 Å². The molecule has 4 heteroatoms. The molecule has 0 heterocycles. The van der Waals surface area contributed by atoms with Crippen LogP contribution in [0.15, 0.2) is 0 Å². The first-order chi connectivity index (χ1) is 7.41. The van der Waals surface area contributed by atoms with Gasteiger partial charge in [0.15, 0.2) is 0 Å². The number of nitrogens with zero attached hydrogens (tertiary/aromatic N) is 1. The largest absolute Gasteiger partial charge is 0.353 e. The summed E-state index contributed by atoms with van der Waals surface area (Å²) in [6.45, 7) is 5.05. The van der Waals surface area contributed by atoms with Crippen LogP contribution in [0.4, 0.5) is 0 Å². The first kappa shape index (κ1) is 13.5. The Morgan fingerprint density at radius 2 is 2.00 bits per heavy atom. The first-order valence-electron chi connectivity index (χ1n) is 6.18. The van der Waals surface area contributed by atoms with E-state index in [4.69, 9.17) is 5.73 Å². The van der Waals surface area contributed by atoms with E-state index >= 15 is 0 Å². The molecule has 1 fully saturated rings. The fourth-order valence-electron chi connectivity index (χ4n) is 2.10. The lowest BCUT2D eigenvalue weighted by Crippen LogP contribution is -2.50. The van der Waals surface area contributed by atoms with E-state index in [9.17, 15) is 4.79 Å². The molecule has 94 valence electrons. The van der Waals surface area contributed by atoms with Gasteiger partial charge in [-0.25, -0.2) is 0 Å². The van der Waals surface area contributed by atoms with E-state index in [1.54, 1.807) is 13.8 Å². The molecule has 1 aliphatic carbocycles. The topological polar surface area (TPSA) is 58.4 Å². The van der Waals surface area contributed by atoms with Gasteiger partial charge in [0.25, 0.3) is 0 Å². The summed E-state index contributed by atoms with van der Waals surface area (Å²) in [5.74, 6) is -0.0766. The number of nitrogens with two attached hydrogens (primary N) is 1. The standard InChI is InChI=1S/C12H25N3O/c1-12(2,13)11(16)14-8-9-15(3)10-6-4-5-7-10/h10H,4-9,13H2,1-3H3,(H,14,16). The number of nitrogens with one attached hydrogen (secondary N) is 1. The number of hydrogen-bond donors (Lipinski definition) is 2. The van der Waals surface area contributed by atoms with Crippen molar-refractivity contribution >= 4 is 5.91 Å². The molecule has 0 unspecified atom stereocenters. The molecule has 0 saturated heterocycles. The molecule has 0 bridgehead atoms. The van der Waals surface area contributed by atoms with Gasteiger partial charge < -0.3 is 16.0 Å². The van der Waals surface area contributed by atoms with Crippen LogP contribution in [-0.2, 0) is 4.79 Å². The van der Waals surface area contributed by atoms with Crippen LogP contribution in [0.2, 0.25) is 0 Å². The third-order valence-electron chi connectivity index (χ3n) is 3.28. The van der Waals surface area contributed by atoms with Crippen molar-refractivity contribution in [2.75, 3.05) is 20.1 Å². The van der Waals surface area contributed by atoms with Crippen LogP contribution in [-0.4, -0.2) is 42.5 Å². The molecule has 1 aliphatic rings. The molecule has 0 aromatic heterocycles. The minimum absolute atomic E-state index is 0.0766. The monoisotopic (exact) mass is 227 g/mol. The van der Waals surface area contributed by atoms with E-state index in [0.29, 0.717) is 12.6 Å². The van der Waals surface area contributed by atoms with Crippen molar-refractivity contribution in [3.63, 3.8) is 0 Å². The Bertz CT molecular complexity index is 229. The van der Waals surface area contributed by atoms with E-state index in [0.717, 1.165) is 6.54 Å². The zero-order chi connectivity index (χ0) is 12.2. The molecule has 3 N–H and O–H groups in total. The first-order valence-corrected chi connectivity index (χ1v) is 6.18. The highest BCUT2D eigenvalue weighted by molar-refractivity contribution is 5.84. The van der Waals surface area contributed by atoms with Gasteiger partial charge in [-0.2, -0.15) is 0 Å². The van der Waals surface area contributed by atoms with Crippen molar-refractivity contribution in [1.29, 1.82) is 0 Å². The van der Waals surface area contributed by atoms with Gasteiger partial charge in [-0.15, -0.1) is 0 Å².